The summed E-state index contributed by atoms with van der Waals surface area (Å²) in [5, 5.41) is 8.92. The van der Waals surface area contributed by atoms with Gasteiger partial charge < -0.3 is 15.1 Å². The average Bonchev–Trinajstić information content (AvgIpc) is 2.76. The van der Waals surface area contributed by atoms with Crippen LogP contribution in [0.25, 0.3) is 0 Å². The van der Waals surface area contributed by atoms with Gasteiger partial charge in [0.15, 0.2) is 0 Å². The van der Waals surface area contributed by atoms with E-state index < -0.39 is 0 Å². The molecule has 0 unspecified atom stereocenters. The minimum Gasteiger partial charge on any atom is -0.390 e. The summed E-state index contributed by atoms with van der Waals surface area (Å²) in [6.45, 7) is 2.12. The van der Waals surface area contributed by atoms with Gasteiger partial charge in [0, 0.05) is 23.5 Å². The predicted molar refractivity (Wildman–Crippen MR) is 62.8 cm³/mol. The van der Waals surface area contributed by atoms with Crippen LogP contribution in [0.1, 0.15) is 22.6 Å². The molecular weight excluding hydrogens is 256 g/mol. The molecule has 2 rings (SSSR count). The number of rotatable bonds is 3. The molecule has 80 valence electrons. The highest BCUT2D eigenvalue weighted by Crippen LogP contribution is 2.18. The minimum atomic E-state index is 0.0629. The van der Waals surface area contributed by atoms with Gasteiger partial charge in [-0.3, -0.25) is 0 Å². The number of hydrogen-bond acceptors (Lipinski definition) is 1. The zero-order valence-corrected chi connectivity index (χ0v) is 10.1. The number of H-pyrrole nitrogens is 2. The summed E-state index contributed by atoms with van der Waals surface area (Å²) in [5.41, 5.74) is 4.32. The highest BCUT2D eigenvalue weighted by atomic mass is 79.9. The molecule has 0 saturated heterocycles. The summed E-state index contributed by atoms with van der Waals surface area (Å²) in [6, 6.07) is 6.01. The van der Waals surface area contributed by atoms with Crippen LogP contribution in [0.15, 0.2) is 22.8 Å². The Labute approximate surface area is 96.7 Å². The maximum atomic E-state index is 8.92. The zero-order chi connectivity index (χ0) is 10.8. The van der Waals surface area contributed by atoms with E-state index in [-0.39, 0.29) is 6.61 Å². The molecule has 0 radical (unpaired) electrons. The van der Waals surface area contributed by atoms with Crippen molar-refractivity contribution in [2.75, 3.05) is 0 Å². The molecule has 0 aliphatic carbocycles. The molecule has 0 saturated carbocycles. The van der Waals surface area contributed by atoms with Gasteiger partial charge in [0.05, 0.1) is 11.2 Å². The molecular formula is C11H13BrN2O. The Balaban J connectivity index is 2.14. The fraction of sp³-hybridized carbons (Fsp3) is 0.273. The largest absolute Gasteiger partial charge is 0.390 e. The van der Waals surface area contributed by atoms with Crippen molar-refractivity contribution in [3.63, 3.8) is 0 Å². The Kier molecular flexibility index (Phi) is 2.98. The Morgan fingerprint density at radius 2 is 1.93 bits per heavy atom. The molecule has 3 nitrogen and oxygen atoms in total. The molecule has 2 aromatic heterocycles. The average molecular weight is 269 g/mol. The molecule has 0 bridgehead atoms. The van der Waals surface area contributed by atoms with E-state index in [2.05, 4.69) is 38.9 Å². The van der Waals surface area contributed by atoms with Crippen LogP contribution >= 0.6 is 15.9 Å². The molecule has 15 heavy (non-hydrogen) atoms. The highest BCUT2D eigenvalue weighted by molar-refractivity contribution is 9.10. The lowest BCUT2D eigenvalue weighted by molar-refractivity contribution is 0.277. The Morgan fingerprint density at radius 1 is 1.20 bits per heavy atom. The van der Waals surface area contributed by atoms with Gasteiger partial charge in [0.2, 0.25) is 0 Å². The van der Waals surface area contributed by atoms with Gasteiger partial charge in [-0.05, 0) is 46.6 Å². The number of aromatic nitrogens is 2. The normalized spacial score (nSPS) is 10.9. The van der Waals surface area contributed by atoms with Gasteiger partial charge in [-0.15, -0.1) is 0 Å². The Morgan fingerprint density at radius 3 is 2.47 bits per heavy atom. The molecule has 0 atom stereocenters. The monoisotopic (exact) mass is 268 g/mol. The maximum Gasteiger partial charge on any atom is 0.0851 e. The van der Waals surface area contributed by atoms with Crippen molar-refractivity contribution in [1.29, 1.82) is 0 Å². The quantitative estimate of drug-likeness (QED) is 0.787. The summed E-state index contributed by atoms with van der Waals surface area (Å²) < 4.78 is 1.03. The minimum absolute atomic E-state index is 0.0629. The molecule has 0 aromatic carbocycles. The van der Waals surface area contributed by atoms with Crippen LogP contribution in [0, 0.1) is 6.92 Å². The van der Waals surface area contributed by atoms with Crippen molar-refractivity contribution in [2.24, 2.45) is 0 Å². The van der Waals surface area contributed by atoms with Crippen LogP contribution in [-0.4, -0.2) is 15.1 Å². The number of aliphatic hydroxyl groups excluding tert-OH is 1. The van der Waals surface area contributed by atoms with E-state index in [0.717, 1.165) is 28.1 Å². The molecule has 2 aromatic rings. The zero-order valence-electron chi connectivity index (χ0n) is 8.47. The summed E-state index contributed by atoms with van der Waals surface area (Å²) >= 11 is 3.44. The third-order valence-electron chi connectivity index (χ3n) is 2.37. The van der Waals surface area contributed by atoms with Crippen LogP contribution in [0.3, 0.4) is 0 Å². The third-order valence-corrected chi connectivity index (χ3v) is 3.19. The number of nitrogens with one attached hydrogen (secondary N) is 2. The van der Waals surface area contributed by atoms with Crippen molar-refractivity contribution >= 4 is 15.9 Å². The van der Waals surface area contributed by atoms with E-state index in [0.29, 0.717) is 0 Å². The second-order valence-electron chi connectivity index (χ2n) is 3.64. The van der Waals surface area contributed by atoms with E-state index in [4.69, 9.17) is 5.11 Å². The highest BCUT2D eigenvalue weighted by Gasteiger charge is 2.04. The van der Waals surface area contributed by atoms with Gasteiger partial charge in [-0.1, -0.05) is 0 Å². The van der Waals surface area contributed by atoms with Gasteiger partial charge >= 0.3 is 0 Å². The summed E-state index contributed by atoms with van der Waals surface area (Å²) in [7, 11) is 0. The standard InChI is InChI=1S/C11H13BrN2O/c1-7-4-10(14-11(7)12)5-8-2-3-9(6-15)13-8/h2-4,13-15H,5-6H2,1H3. The first-order chi connectivity index (χ1) is 7.19. The van der Waals surface area contributed by atoms with Crippen LogP contribution in [0.5, 0.6) is 0 Å². The third kappa shape index (κ3) is 2.33. The first-order valence-corrected chi connectivity index (χ1v) is 5.60. The summed E-state index contributed by atoms with van der Waals surface area (Å²) in [5.74, 6) is 0. The van der Waals surface area contributed by atoms with Crippen molar-refractivity contribution in [3.05, 3.63) is 45.4 Å². The summed E-state index contributed by atoms with van der Waals surface area (Å²) in [6.07, 6.45) is 0.826. The van der Waals surface area contributed by atoms with Gasteiger partial charge in [0.1, 0.15) is 0 Å². The van der Waals surface area contributed by atoms with Crippen LogP contribution < -0.4 is 0 Å². The predicted octanol–water partition coefficient (Wildman–Crippen LogP) is 2.50. The lowest BCUT2D eigenvalue weighted by Crippen LogP contribution is -1.89. The maximum absolute atomic E-state index is 8.92. The Hall–Kier alpha value is -1.00. The van der Waals surface area contributed by atoms with E-state index in [9.17, 15) is 0 Å². The first kappa shape index (κ1) is 10.5. The van der Waals surface area contributed by atoms with E-state index in [1.807, 2.05) is 12.1 Å². The number of aliphatic hydroxyl groups is 1. The molecule has 3 N–H and O–H groups in total. The molecule has 2 heterocycles. The van der Waals surface area contributed by atoms with Crippen molar-refractivity contribution in [1.82, 2.24) is 9.97 Å². The molecule has 0 amide bonds. The smallest absolute Gasteiger partial charge is 0.0851 e. The van der Waals surface area contributed by atoms with Gasteiger partial charge in [-0.25, -0.2) is 0 Å². The van der Waals surface area contributed by atoms with Gasteiger partial charge in [-0.2, -0.15) is 0 Å². The topological polar surface area (TPSA) is 51.8 Å². The van der Waals surface area contributed by atoms with E-state index >= 15 is 0 Å². The van der Waals surface area contributed by atoms with Crippen LogP contribution in [0.2, 0.25) is 0 Å². The number of aromatic amines is 2. The Bertz CT molecular complexity index is 439. The van der Waals surface area contributed by atoms with E-state index in [1.54, 1.807) is 0 Å². The lowest BCUT2D eigenvalue weighted by atomic mass is 10.2. The molecule has 0 fully saturated rings. The lowest BCUT2D eigenvalue weighted by Gasteiger charge is -1.95. The molecule has 0 spiro atoms. The number of aryl methyl sites for hydroxylation is 1. The van der Waals surface area contributed by atoms with Crippen molar-refractivity contribution in [3.8, 4) is 0 Å². The van der Waals surface area contributed by atoms with Gasteiger partial charge in [0.25, 0.3) is 0 Å². The molecule has 4 heteroatoms. The van der Waals surface area contributed by atoms with Crippen molar-refractivity contribution in [2.45, 2.75) is 20.0 Å². The van der Waals surface area contributed by atoms with Crippen LogP contribution in [-0.2, 0) is 13.0 Å². The SMILES string of the molecule is Cc1cc(Cc2ccc(CO)[nH]2)[nH]c1Br. The second-order valence-corrected chi connectivity index (χ2v) is 4.43. The number of hydrogen-bond donors (Lipinski definition) is 3. The molecule has 0 aliphatic heterocycles. The number of halogens is 1. The van der Waals surface area contributed by atoms with Crippen molar-refractivity contribution < 1.29 is 5.11 Å². The fourth-order valence-electron chi connectivity index (χ4n) is 1.59. The summed E-state index contributed by atoms with van der Waals surface area (Å²) in [4.78, 5) is 6.41. The van der Waals surface area contributed by atoms with E-state index in [1.165, 1.54) is 5.56 Å². The van der Waals surface area contributed by atoms with Crippen LogP contribution in [0.4, 0.5) is 0 Å². The molecule has 0 aliphatic rings. The first-order valence-electron chi connectivity index (χ1n) is 4.80. The fourth-order valence-corrected chi connectivity index (χ4v) is 1.96. The second kappa shape index (κ2) is 4.24.